The number of hydrogen-bond donors (Lipinski definition) is 2. The second-order valence-corrected chi connectivity index (χ2v) is 7.83. The Kier molecular flexibility index (Phi) is 8.14. The lowest BCUT2D eigenvalue weighted by Crippen LogP contribution is -2.56. The summed E-state index contributed by atoms with van der Waals surface area (Å²) in [5.41, 5.74) is 2.08. The van der Waals surface area contributed by atoms with Crippen LogP contribution in [0.1, 0.15) is 17.5 Å². The molecule has 2 aromatic rings. The molecule has 8 heteroatoms. The van der Waals surface area contributed by atoms with Gasteiger partial charge in [-0.25, -0.2) is 0 Å². The first kappa shape index (κ1) is 22.9. The van der Waals surface area contributed by atoms with Gasteiger partial charge in [-0.1, -0.05) is 29.8 Å². The van der Waals surface area contributed by atoms with Gasteiger partial charge >= 0.3 is 0 Å². The van der Waals surface area contributed by atoms with Crippen molar-refractivity contribution < 1.29 is 19.1 Å². The molecule has 1 heterocycles. The molecule has 7 nitrogen and oxygen atoms in total. The van der Waals surface area contributed by atoms with Crippen molar-refractivity contribution in [1.82, 2.24) is 15.5 Å². The molecule has 0 aromatic heterocycles. The predicted octanol–water partition coefficient (Wildman–Crippen LogP) is 2.41. The van der Waals surface area contributed by atoms with Gasteiger partial charge < -0.3 is 20.1 Å². The molecule has 2 amide bonds. The summed E-state index contributed by atoms with van der Waals surface area (Å²) in [6.07, 6.45) is 0.814. The van der Waals surface area contributed by atoms with Crippen molar-refractivity contribution in [2.75, 3.05) is 33.9 Å². The Morgan fingerprint density at radius 3 is 2.55 bits per heavy atom. The molecule has 2 aromatic carbocycles. The standard InChI is InChI=1S/C23H28ClN3O4/c1-30-20-8-5-17(13-21(20)31-2)15-27-12-11-26-23(29)19(27)14-22(28)25-10-9-16-3-6-18(24)7-4-16/h3-8,13,19H,9-12,14-15H2,1-2H3,(H,25,28)(H,26,29)/t19-/m0/s1. The maximum atomic E-state index is 12.5. The van der Waals surface area contributed by atoms with E-state index in [1.807, 2.05) is 47.4 Å². The van der Waals surface area contributed by atoms with Crippen LogP contribution in [0.25, 0.3) is 0 Å². The van der Waals surface area contributed by atoms with Gasteiger partial charge in [0.15, 0.2) is 11.5 Å². The first-order valence-electron chi connectivity index (χ1n) is 10.2. The number of rotatable bonds is 9. The molecule has 0 unspecified atom stereocenters. The van der Waals surface area contributed by atoms with Gasteiger partial charge in [0.25, 0.3) is 0 Å². The minimum atomic E-state index is -0.516. The Bertz CT molecular complexity index is 904. The van der Waals surface area contributed by atoms with Crippen LogP contribution in [0.15, 0.2) is 42.5 Å². The van der Waals surface area contributed by atoms with Crippen LogP contribution in [0.5, 0.6) is 11.5 Å². The van der Waals surface area contributed by atoms with Gasteiger partial charge in [0.05, 0.1) is 26.7 Å². The van der Waals surface area contributed by atoms with Crippen LogP contribution < -0.4 is 20.1 Å². The van der Waals surface area contributed by atoms with E-state index in [1.165, 1.54) is 0 Å². The first-order valence-corrected chi connectivity index (χ1v) is 10.6. The lowest BCUT2D eigenvalue weighted by Gasteiger charge is -2.34. The minimum Gasteiger partial charge on any atom is -0.493 e. The van der Waals surface area contributed by atoms with Crippen LogP contribution in [0.4, 0.5) is 0 Å². The second-order valence-electron chi connectivity index (χ2n) is 7.40. The highest BCUT2D eigenvalue weighted by atomic mass is 35.5. The van der Waals surface area contributed by atoms with Crippen LogP contribution in [0.3, 0.4) is 0 Å². The molecular weight excluding hydrogens is 418 g/mol. The molecule has 0 bridgehead atoms. The largest absolute Gasteiger partial charge is 0.493 e. The van der Waals surface area contributed by atoms with E-state index in [0.717, 1.165) is 11.1 Å². The summed E-state index contributed by atoms with van der Waals surface area (Å²) in [4.78, 5) is 27.0. The van der Waals surface area contributed by atoms with Crippen molar-refractivity contribution >= 4 is 23.4 Å². The normalized spacial score (nSPS) is 16.5. The van der Waals surface area contributed by atoms with Crippen molar-refractivity contribution in [3.63, 3.8) is 0 Å². The van der Waals surface area contributed by atoms with Gasteiger partial charge in [-0.15, -0.1) is 0 Å². The maximum Gasteiger partial charge on any atom is 0.237 e. The molecular formula is C23H28ClN3O4. The Hall–Kier alpha value is -2.77. The van der Waals surface area contributed by atoms with Crippen LogP contribution in [0.2, 0.25) is 5.02 Å². The SMILES string of the molecule is COc1ccc(CN2CCNC(=O)[C@@H]2CC(=O)NCCc2ccc(Cl)cc2)cc1OC. The molecule has 0 radical (unpaired) electrons. The van der Waals surface area contributed by atoms with Gasteiger partial charge in [-0.05, 0) is 41.8 Å². The van der Waals surface area contributed by atoms with Crippen molar-refractivity contribution in [2.45, 2.75) is 25.4 Å². The zero-order chi connectivity index (χ0) is 22.2. The number of ether oxygens (including phenoxy) is 2. The van der Waals surface area contributed by atoms with E-state index < -0.39 is 6.04 Å². The molecule has 1 atom stereocenters. The first-order chi connectivity index (χ1) is 15.0. The number of hydrogen-bond acceptors (Lipinski definition) is 5. The van der Waals surface area contributed by atoms with Crippen molar-refractivity contribution in [1.29, 1.82) is 0 Å². The summed E-state index contributed by atoms with van der Waals surface area (Å²) in [6.45, 7) is 2.27. The number of piperazine rings is 1. The summed E-state index contributed by atoms with van der Waals surface area (Å²) in [5.74, 6) is 1.02. The molecule has 3 rings (SSSR count). The second kappa shape index (κ2) is 11.0. The molecule has 0 saturated carbocycles. The number of benzene rings is 2. The van der Waals surface area contributed by atoms with Crippen molar-refractivity contribution in [3.05, 3.63) is 58.6 Å². The third kappa shape index (κ3) is 6.35. The molecule has 1 saturated heterocycles. The van der Waals surface area contributed by atoms with Crippen molar-refractivity contribution in [2.24, 2.45) is 0 Å². The molecule has 0 spiro atoms. The van der Waals surface area contributed by atoms with E-state index in [4.69, 9.17) is 21.1 Å². The fourth-order valence-corrected chi connectivity index (χ4v) is 3.76. The van der Waals surface area contributed by atoms with E-state index in [-0.39, 0.29) is 18.2 Å². The topological polar surface area (TPSA) is 79.9 Å². The average molecular weight is 446 g/mol. The summed E-state index contributed by atoms with van der Waals surface area (Å²) >= 11 is 5.90. The quantitative estimate of drug-likeness (QED) is 0.619. The van der Waals surface area contributed by atoms with Crippen LogP contribution in [-0.2, 0) is 22.6 Å². The molecule has 2 N–H and O–H groups in total. The van der Waals surface area contributed by atoms with Crippen molar-refractivity contribution in [3.8, 4) is 11.5 Å². The monoisotopic (exact) mass is 445 g/mol. The van der Waals surface area contributed by atoms with E-state index >= 15 is 0 Å². The van der Waals surface area contributed by atoms with Gasteiger partial charge in [0, 0.05) is 31.2 Å². The van der Waals surface area contributed by atoms with E-state index in [0.29, 0.717) is 49.1 Å². The number of halogens is 1. The number of amides is 2. The zero-order valence-corrected chi connectivity index (χ0v) is 18.6. The minimum absolute atomic E-state index is 0.111. The highest BCUT2D eigenvalue weighted by Gasteiger charge is 2.31. The third-order valence-electron chi connectivity index (χ3n) is 5.30. The van der Waals surface area contributed by atoms with Crippen LogP contribution >= 0.6 is 11.6 Å². The Balaban J connectivity index is 1.57. The highest BCUT2D eigenvalue weighted by Crippen LogP contribution is 2.28. The Morgan fingerprint density at radius 2 is 1.84 bits per heavy atom. The smallest absolute Gasteiger partial charge is 0.237 e. The predicted molar refractivity (Wildman–Crippen MR) is 120 cm³/mol. The molecule has 166 valence electrons. The summed E-state index contributed by atoms with van der Waals surface area (Å²) in [5, 5.41) is 6.47. The Labute approximate surface area is 187 Å². The zero-order valence-electron chi connectivity index (χ0n) is 17.8. The Morgan fingerprint density at radius 1 is 1.13 bits per heavy atom. The van der Waals surface area contributed by atoms with E-state index in [1.54, 1.807) is 14.2 Å². The number of methoxy groups -OCH3 is 2. The van der Waals surface area contributed by atoms with Gasteiger partial charge in [-0.2, -0.15) is 0 Å². The van der Waals surface area contributed by atoms with Crippen LogP contribution in [-0.4, -0.2) is 56.6 Å². The average Bonchev–Trinajstić information content (AvgIpc) is 2.77. The lowest BCUT2D eigenvalue weighted by molar-refractivity contribution is -0.134. The third-order valence-corrected chi connectivity index (χ3v) is 5.56. The number of carbonyl (C=O) groups is 2. The highest BCUT2D eigenvalue weighted by molar-refractivity contribution is 6.30. The lowest BCUT2D eigenvalue weighted by atomic mass is 10.1. The van der Waals surface area contributed by atoms with Gasteiger partial charge in [0.2, 0.25) is 11.8 Å². The molecule has 1 aliphatic rings. The molecule has 0 aliphatic carbocycles. The number of nitrogens with zero attached hydrogens (tertiary/aromatic N) is 1. The summed E-state index contributed by atoms with van der Waals surface area (Å²) in [6, 6.07) is 12.7. The van der Waals surface area contributed by atoms with E-state index in [2.05, 4.69) is 10.6 Å². The van der Waals surface area contributed by atoms with E-state index in [9.17, 15) is 9.59 Å². The summed E-state index contributed by atoms with van der Waals surface area (Å²) < 4.78 is 10.7. The number of carbonyl (C=O) groups excluding carboxylic acids is 2. The van der Waals surface area contributed by atoms with Crippen LogP contribution in [0, 0.1) is 0 Å². The van der Waals surface area contributed by atoms with Gasteiger partial charge in [-0.3, -0.25) is 14.5 Å². The van der Waals surface area contributed by atoms with Gasteiger partial charge in [0.1, 0.15) is 0 Å². The summed E-state index contributed by atoms with van der Waals surface area (Å²) in [7, 11) is 3.18. The fraction of sp³-hybridized carbons (Fsp3) is 0.391. The molecule has 31 heavy (non-hydrogen) atoms. The fourth-order valence-electron chi connectivity index (χ4n) is 3.63. The maximum absolute atomic E-state index is 12.5. The number of nitrogens with one attached hydrogen (secondary N) is 2. The molecule has 1 fully saturated rings. The molecule has 1 aliphatic heterocycles.